The fraction of sp³-hybridized carbons (Fsp3) is 0.538. The van der Waals surface area contributed by atoms with Crippen molar-refractivity contribution in [1.82, 2.24) is 0 Å². The standard InChI is InChI=1S/C13H19BrO4/c1-10(15)12-9-11(14)3-4-13(12)18-8-7-17-6-5-16-2/h3-4,9-10,15H,5-8H2,1-2H3/t10-/m0/s1. The van der Waals surface area contributed by atoms with E-state index in [2.05, 4.69) is 15.9 Å². The van der Waals surface area contributed by atoms with Gasteiger partial charge in [-0.3, -0.25) is 0 Å². The first kappa shape index (κ1) is 15.4. The lowest BCUT2D eigenvalue weighted by molar-refractivity contribution is 0.0538. The maximum absolute atomic E-state index is 9.65. The molecule has 4 nitrogen and oxygen atoms in total. The van der Waals surface area contributed by atoms with Crippen molar-refractivity contribution in [3.8, 4) is 5.75 Å². The smallest absolute Gasteiger partial charge is 0.125 e. The fourth-order valence-corrected chi connectivity index (χ4v) is 1.81. The molecule has 1 N–H and O–H groups in total. The molecule has 0 aliphatic carbocycles. The number of hydrogen-bond donors (Lipinski definition) is 1. The van der Waals surface area contributed by atoms with Crippen molar-refractivity contribution in [2.75, 3.05) is 33.5 Å². The summed E-state index contributed by atoms with van der Waals surface area (Å²) in [5.41, 5.74) is 0.765. The molecule has 1 rings (SSSR count). The van der Waals surface area contributed by atoms with Gasteiger partial charge in [0.15, 0.2) is 0 Å². The first-order valence-electron chi connectivity index (χ1n) is 5.82. The Kier molecular flexibility index (Phi) is 7.27. The van der Waals surface area contributed by atoms with Gasteiger partial charge in [-0.2, -0.15) is 0 Å². The summed E-state index contributed by atoms with van der Waals surface area (Å²) < 4.78 is 16.7. The Balaban J connectivity index is 2.42. The molecule has 5 heteroatoms. The lowest BCUT2D eigenvalue weighted by Crippen LogP contribution is -2.11. The topological polar surface area (TPSA) is 47.9 Å². The summed E-state index contributed by atoms with van der Waals surface area (Å²) in [6.07, 6.45) is -0.563. The number of ether oxygens (including phenoxy) is 3. The minimum absolute atomic E-state index is 0.449. The molecule has 0 fully saturated rings. The molecule has 0 aromatic heterocycles. The van der Waals surface area contributed by atoms with Crippen LogP contribution in [0.3, 0.4) is 0 Å². The van der Waals surface area contributed by atoms with Crippen LogP contribution in [0.2, 0.25) is 0 Å². The van der Waals surface area contributed by atoms with E-state index in [1.807, 2.05) is 18.2 Å². The molecule has 0 heterocycles. The minimum atomic E-state index is -0.563. The van der Waals surface area contributed by atoms with Gasteiger partial charge in [0.2, 0.25) is 0 Å². The Morgan fingerprint density at radius 2 is 1.94 bits per heavy atom. The van der Waals surface area contributed by atoms with Crippen LogP contribution in [0.5, 0.6) is 5.75 Å². The minimum Gasteiger partial charge on any atom is -0.491 e. The quantitative estimate of drug-likeness (QED) is 0.748. The molecule has 0 amide bonds. The zero-order chi connectivity index (χ0) is 13.4. The van der Waals surface area contributed by atoms with Crippen molar-refractivity contribution in [2.45, 2.75) is 13.0 Å². The molecule has 0 radical (unpaired) electrons. The number of hydrogen-bond acceptors (Lipinski definition) is 4. The monoisotopic (exact) mass is 318 g/mol. The summed E-state index contributed by atoms with van der Waals surface area (Å²) in [5, 5.41) is 9.65. The lowest BCUT2D eigenvalue weighted by Gasteiger charge is -2.14. The summed E-state index contributed by atoms with van der Waals surface area (Å²) in [6, 6.07) is 5.57. The molecule has 0 spiro atoms. The molecular formula is C13H19BrO4. The predicted molar refractivity (Wildman–Crippen MR) is 73.0 cm³/mol. The van der Waals surface area contributed by atoms with Crippen molar-refractivity contribution in [2.24, 2.45) is 0 Å². The number of aliphatic hydroxyl groups is 1. The largest absolute Gasteiger partial charge is 0.491 e. The van der Waals surface area contributed by atoms with Gasteiger partial charge in [-0.05, 0) is 25.1 Å². The summed E-state index contributed by atoms with van der Waals surface area (Å²) in [5.74, 6) is 0.684. The molecule has 18 heavy (non-hydrogen) atoms. The third-order valence-corrected chi connectivity index (χ3v) is 2.83. The second-order valence-electron chi connectivity index (χ2n) is 3.81. The molecule has 0 aliphatic rings. The van der Waals surface area contributed by atoms with E-state index in [4.69, 9.17) is 14.2 Å². The van der Waals surface area contributed by atoms with Gasteiger partial charge in [0.25, 0.3) is 0 Å². The molecule has 0 saturated heterocycles. The third-order valence-electron chi connectivity index (χ3n) is 2.34. The summed E-state index contributed by atoms with van der Waals surface area (Å²) in [7, 11) is 1.64. The highest BCUT2D eigenvalue weighted by atomic mass is 79.9. The molecule has 102 valence electrons. The Morgan fingerprint density at radius 3 is 2.61 bits per heavy atom. The molecule has 0 aliphatic heterocycles. The van der Waals surface area contributed by atoms with E-state index < -0.39 is 6.10 Å². The van der Waals surface area contributed by atoms with Gasteiger partial charge < -0.3 is 19.3 Å². The van der Waals surface area contributed by atoms with Gasteiger partial charge >= 0.3 is 0 Å². The van der Waals surface area contributed by atoms with Crippen LogP contribution in [0.1, 0.15) is 18.6 Å². The van der Waals surface area contributed by atoms with Crippen LogP contribution in [0.4, 0.5) is 0 Å². The summed E-state index contributed by atoms with van der Waals surface area (Å²) in [4.78, 5) is 0. The third kappa shape index (κ3) is 5.35. The van der Waals surface area contributed by atoms with E-state index in [0.717, 1.165) is 10.0 Å². The van der Waals surface area contributed by atoms with Crippen LogP contribution in [-0.2, 0) is 9.47 Å². The maximum atomic E-state index is 9.65. The van der Waals surface area contributed by atoms with E-state index in [1.165, 1.54) is 0 Å². The van der Waals surface area contributed by atoms with Crippen LogP contribution >= 0.6 is 15.9 Å². The Hall–Kier alpha value is -0.620. The lowest BCUT2D eigenvalue weighted by atomic mass is 10.1. The SMILES string of the molecule is COCCOCCOc1ccc(Br)cc1[C@H](C)O. The summed E-state index contributed by atoms with van der Waals surface area (Å²) in [6.45, 7) is 3.80. The van der Waals surface area contributed by atoms with E-state index in [0.29, 0.717) is 32.2 Å². The highest BCUT2D eigenvalue weighted by Gasteiger charge is 2.09. The molecule has 0 bridgehead atoms. The molecular weight excluding hydrogens is 300 g/mol. The van der Waals surface area contributed by atoms with E-state index >= 15 is 0 Å². The highest BCUT2D eigenvalue weighted by Crippen LogP contribution is 2.28. The Labute approximate surface area is 116 Å². The normalized spacial score (nSPS) is 12.4. The molecule has 1 aromatic carbocycles. The summed E-state index contributed by atoms with van der Waals surface area (Å²) >= 11 is 3.37. The first-order valence-corrected chi connectivity index (χ1v) is 6.61. The van der Waals surface area contributed by atoms with Gasteiger partial charge in [0, 0.05) is 17.1 Å². The zero-order valence-corrected chi connectivity index (χ0v) is 12.3. The molecule has 1 aromatic rings. The van der Waals surface area contributed by atoms with Crippen LogP contribution in [0.25, 0.3) is 0 Å². The van der Waals surface area contributed by atoms with Crippen molar-refractivity contribution >= 4 is 15.9 Å². The Morgan fingerprint density at radius 1 is 1.22 bits per heavy atom. The molecule has 0 unspecified atom stereocenters. The predicted octanol–water partition coefficient (Wildman–Crippen LogP) is 2.54. The average Bonchev–Trinajstić information content (AvgIpc) is 2.35. The van der Waals surface area contributed by atoms with Crippen LogP contribution in [-0.4, -0.2) is 38.6 Å². The number of benzene rings is 1. The van der Waals surface area contributed by atoms with Crippen molar-refractivity contribution in [1.29, 1.82) is 0 Å². The van der Waals surface area contributed by atoms with E-state index in [-0.39, 0.29) is 0 Å². The van der Waals surface area contributed by atoms with Gasteiger partial charge in [-0.1, -0.05) is 15.9 Å². The van der Waals surface area contributed by atoms with E-state index in [9.17, 15) is 5.11 Å². The number of methoxy groups -OCH3 is 1. The molecule has 1 atom stereocenters. The Bertz CT molecular complexity index is 355. The highest BCUT2D eigenvalue weighted by molar-refractivity contribution is 9.10. The van der Waals surface area contributed by atoms with Crippen molar-refractivity contribution < 1.29 is 19.3 Å². The number of aliphatic hydroxyl groups excluding tert-OH is 1. The second kappa shape index (κ2) is 8.48. The van der Waals surface area contributed by atoms with Crippen LogP contribution in [0.15, 0.2) is 22.7 Å². The van der Waals surface area contributed by atoms with Gasteiger partial charge in [0.05, 0.1) is 25.9 Å². The van der Waals surface area contributed by atoms with Gasteiger partial charge in [-0.15, -0.1) is 0 Å². The zero-order valence-electron chi connectivity index (χ0n) is 10.7. The van der Waals surface area contributed by atoms with Crippen molar-refractivity contribution in [3.63, 3.8) is 0 Å². The van der Waals surface area contributed by atoms with Crippen LogP contribution < -0.4 is 4.74 Å². The number of rotatable bonds is 8. The molecule has 0 saturated carbocycles. The van der Waals surface area contributed by atoms with Crippen molar-refractivity contribution in [3.05, 3.63) is 28.2 Å². The second-order valence-corrected chi connectivity index (χ2v) is 4.73. The fourth-order valence-electron chi connectivity index (χ4n) is 1.43. The van der Waals surface area contributed by atoms with Gasteiger partial charge in [0.1, 0.15) is 12.4 Å². The maximum Gasteiger partial charge on any atom is 0.125 e. The first-order chi connectivity index (χ1) is 8.65. The van der Waals surface area contributed by atoms with E-state index in [1.54, 1.807) is 14.0 Å². The van der Waals surface area contributed by atoms with Crippen LogP contribution in [0, 0.1) is 0 Å². The number of halogens is 1. The average molecular weight is 319 g/mol. The van der Waals surface area contributed by atoms with Gasteiger partial charge in [-0.25, -0.2) is 0 Å².